The van der Waals surface area contributed by atoms with E-state index in [-0.39, 0.29) is 18.4 Å². The molecule has 1 saturated carbocycles. The Morgan fingerprint density at radius 3 is 2.50 bits per heavy atom. The molecule has 3 rings (SSSR count). The highest BCUT2D eigenvalue weighted by molar-refractivity contribution is 6.37. The molecule has 0 aliphatic heterocycles. The minimum atomic E-state index is -1.07. The molecule has 1 aromatic carbocycles. The Labute approximate surface area is 147 Å². The van der Waals surface area contributed by atoms with Gasteiger partial charge in [0.25, 0.3) is 5.91 Å². The minimum absolute atomic E-state index is 0.0650. The second-order valence-corrected chi connectivity index (χ2v) is 6.34. The second kappa shape index (κ2) is 6.41. The zero-order chi connectivity index (χ0) is 17.4. The third kappa shape index (κ3) is 3.22. The van der Waals surface area contributed by atoms with Crippen LogP contribution in [0.15, 0.2) is 18.2 Å². The Kier molecular flexibility index (Phi) is 4.47. The first kappa shape index (κ1) is 16.7. The molecular formula is C15H14Cl2N4O3. The molecule has 7 nitrogen and oxygen atoms in total. The molecule has 1 amide bonds. The highest BCUT2D eigenvalue weighted by atomic mass is 35.5. The zero-order valence-corrected chi connectivity index (χ0v) is 14.3. The molecule has 1 aliphatic carbocycles. The smallest absolute Gasteiger partial charge is 0.323 e. The maximum absolute atomic E-state index is 12.6. The molecule has 2 aromatic rings. The van der Waals surface area contributed by atoms with E-state index in [4.69, 9.17) is 28.3 Å². The van der Waals surface area contributed by atoms with Crippen molar-refractivity contribution in [3.63, 3.8) is 0 Å². The highest BCUT2D eigenvalue weighted by Gasteiger charge is 2.36. The van der Waals surface area contributed by atoms with Crippen LogP contribution in [0.25, 0.3) is 5.69 Å². The molecule has 126 valence electrons. The van der Waals surface area contributed by atoms with Gasteiger partial charge in [-0.3, -0.25) is 9.59 Å². The van der Waals surface area contributed by atoms with Crippen molar-refractivity contribution in [2.75, 3.05) is 6.54 Å². The number of aryl methyl sites for hydroxylation is 1. The maximum Gasteiger partial charge on any atom is 0.323 e. The Morgan fingerprint density at radius 1 is 1.33 bits per heavy atom. The summed E-state index contributed by atoms with van der Waals surface area (Å²) in [6.45, 7) is 1.30. The Hall–Kier alpha value is -2.12. The molecule has 0 atom stereocenters. The fraction of sp³-hybridized carbons (Fsp3) is 0.333. The number of carboxylic acid groups (broad SMARTS) is 1. The lowest BCUT2D eigenvalue weighted by atomic mass is 10.3. The van der Waals surface area contributed by atoms with Crippen molar-refractivity contribution in [2.45, 2.75) is 25.8 Å². The number of para-hydroxylation sites is 1. The van der Waals surface area contributed by atoms with Gasteiger partial charge in [-0.15, -0.1) is 5.10 Å². The summed E-state index contributed by atoms with van der Waals surface area (Å²) in [5.74, 6) is -1.22. The van der Waals surface area contributed by atoms with Crippen LogP contribution in [-0.4, -0.2) is 49.2 Å². The first-order valence-electron chi connectivity index (χ1n) is 7.29. The van der Waals surface area contributed by atoms with Gasteiger partial charge in [0, 0.05) is 6.04 Å². The fourth-order valence-corrected chi connectivity index (χ4v) is 2.97. The van der Waals surface area contributed by atoms with Crippen molar-refractivity contribution in [1.82, 2.24) is 19.7 Å². The standard InChI is InChI=1S/C15H14Cl2N4O3/c1-8-18-14(15(24)20(7-12(22)23)9-5-6-9)19-21(8)13-10(16)3-2-4-11(13)17/h2-4,9H,5-7H2,1H3,(H,22,23). The van der Waals surface area contributed by atoms with Crippen LogP contribution in [0.1, 0.15) is 29.3 Å². The molecule has 9 heteroatoms. The van der Waals surface area contributed by atoms with E-state index >= 15 is 0 Å². The number of hydrogen-bond acceptors (Lipinski definition) is 4. The summed E-state index contributed by atoms with van der Waals surface area (Å²) in [4.78, 5) is 29.0. The molecule has 0 radical (unpaired) electrons. The lowest BCUT2D eigenvalue weighted by Gasteiger charge is -2.18. The number of carboxylic acids is 1. The summed E-state index contributed by atoms with van der Waals surface area (Å²) in [5, 5.41) is 13.9. The van der Waals surface area contributed by atoms with Gasteiger partial charge in [-0.25, -0.2) is 9.67 Å². The van der Waals surface area contributed by atoms with E-state index in [1.165, 1.54) is 9.58 Å². The number of halogens is 2. The van der Waals surface area contributed by atoms with Gasteiger partial charge in [0.15, 0.2) is 0 Å². The van der Waals surface area contributed by atoms with Crippen LogP contribution in [0.5, 0.6) is 0 Å². The lowest BCUT2D eigenvalue weighted by Crippen LogP contribution is -2.38. The van der Waals surface area contributed by atoms with Crippen LogP contribution >= 0.6 is 23.2 Å². The van der Waals surface area contributed by atoms with Crippen LogP contribution in [0, 0.1) is 6.92 Å². The molecule has 0 spiro atoms. The molecule has 0 saturated heterocycles. The van der Waals surface area contributed by atoms with Crippen LogP contribution in [0.2, 0.25) is 10.0 Å². The molecule has 1 N–H and O–H groups in total. The molecule has 1 aromatic heterocycles. The summed E-state index contributed by atoms with van der Waals surface area (Å²) in [6.07, 6.45) is 1.57. The van der Waals surface area contributed by atoms with E-state index in [9.17, 15) is 9.59 Å². The van der Waals surface area contributed by atoms with Gasteiger partial charge >= 0.3 is 5.97 Å². The number of carbonyl (C=O) groups is 2. The first-order chi connectivity index (χ1) is 11.4. The largest absolute Gasteiger partial charge is 0.480 e. The minimum Gasteiger partial charge on any atom is -0.480 e. The Bertz CT molecular complexity index is 797. The Balaban J connectivity index is 1.96. The zero-order valence-electron chi connectivity index (χ0n) is 12.7. The van der Waals surface area contributed by atoms with Gasteiger partial charge < -0.3 is 10.0 Å². The average molecular weight is 369 g/mol. The van der Waals surface area contributed by atoms with Crippen LogP contribution < -0.4 is 0 Å². The van der Waals surface area contributed by atoms with E-state index < -0.39 is 11.9 Å². The fourth-order valence-electron chi connectivity index (χ4n) is 2.41. The molecule has 1 aliphatic rings. The quantitative estimate of drug-likeness (QED) is 0.875. The predicted octanol–water partition coefficient (Wildman–Crippen LogP) is 2.57. The number of rotatable bonds is 5. The summed E-state index contributed by atoms with van der Waals surface area (Å²) in [5.41, 5.74) is 0.432. The number of carbonyl (C=O) groups excluding carboxylic acids is 1. The van der Waals surface area contributed by atoms with Gasteiger partial charge in [0.1, 0.15) is 18.1 Å². The van der Waals surface area contributed by atoms with Gasteiger partial charge in [-0.2, -0.15) is 0 Å². The van der Waals surface area contributed by atoms with Crippen molar-refractivity contribution in [2.24, 2.45) is 0 Å². The van der Waals surface area contributed by atoms with Crippen LogP contribution in [0.4, 0.5) is 0 Å². The van der Waals surface area contributed by atoms with Crippen molar-refractivity contribution in [3.05, 3.63) is 39.9 Å². The highest BCUT2D eigenvalue weighted by Crippen LogP contribution is 2.30. The van der Waals surface area contributed by atoms with Gasteiger partial charge in [0.2, 0.25) is 5.82 Å². The predicted molar refractivity (Wildman–Crippen MR) is 87.8 cm³/mol. The van der Waals surface area contributed by atoms with Crippen molar-refractivity contribution in [3.8, 4) is 5.69 Å². The van der Waals surface area contributed by atoms with E-state index in [1.807, 2.05) is 0 Å². The molecule has 1 heterocycles. The molecular weight excluding hydrogens is 355 g/mol. The van der Waals surface area contributed by atoms with E-state index in [1.54, 1.807) is 25.1 Å². The molecule has 24 heavy (non-hydrogen) atoms. The average Bonchev–Trinajstić information content (AvgIpc) is 3.28. The summed E-state index contributed by atoms with van der Waals surface area (Å²) in [6, 6.07) is 4.96. The summed E-state index contributed by atoms with van der Waals surface area (Å²) >= 11 is 12.3. The number of amides is 1. The molecule has 0 unspecified atom stereocenters. The molecule has 1 fully saturated rings. The Morgan fingerprint density at radius 2 is 1.96 bits per heavy atom. The summed E-state index contributed by atoms with van der Waals surface area (Å²) < 4.78 is 1.39. The maximum atomic E-state index is 12.6. The number of aromatic nitrogens is 3. The van der Waals surface area contributed by atoms with Crippen molar-refractivity contribution >= 4 is 35.1 Å². The molecule has 0 bridgehead atoms. The number of hydrogen-bond donors (Lipinski definition) is 1. The van der Waals surface area contributed by atoms with Crippen LogP contribution in [0.3, 0.4) is 0 Å². The third-order valence-electron chi connectivity index (χ3n) is 3.66. The van der Waals surface area contributed by atoms with E-state index in [0.29, 0.717) is 21.6 Å². The number of benzene rings is 1. The summed E-state index contributed by atoms with van der Waals surface area (Å²) in [7, 11) is 0. The second-order valence-electron chi connectivity index (χ2n) is 5.52. The lowest BCUT2D eigenvalue weighted by molar-refractivity contribution is -0.137. The van der Waals surface area contributed by atoms with Crippen LogP contribution in [-0.2, 0) is 4.79 Å². The monoisotopic (exact) mass is 368 g/mol. The van der Waals surface area contributed by atoms with Gasteiger partial charge in [-0.05, 0) is 31.9 Å². The van der Waals surface area contributed by atoms with Crippen molar-refractivity contribution in [1.29, 1.82) is 0 Å². The third-order valence-corrected chi connectivity index (χ3v) is 4.27. The number of nitrogens with zero attached hydrogens (tertiary/aromatic N) is 4. The van der Waals surface area contributed by atoms with E-state index in [0.717, 1.165) is 12.8 Å². The SMILES string of the molecule is Cc1nc(C(=O)N(CC(=O)O)C2CC2)nn1-c1c(Cl)cccc1Cl. The van der Waals surface area contributed by atoms with Crippen molar-refractivity contribution < 1.29 is 14.7 Å². The number of aliphatic carboxylic acids is 1. The van der Waals surface area contributed by atoms with E-state index in [2.05, 4.69) is 10.1 Å². The van der Waals surface area contributed by atoms with Gasteiger partial charge in [0.05, 0.1) is 10.0 Å². The first-order valence-corrected chi connectivity index (χ1v) is 8.05. The van der Waals surface area contributed by atoms with Gasteiger partial charge in [-0.1, -0.05) is 29.3 Å². The normalized spacial score (nSPS) is 13.8. The topological polar surface area (TPSA) is 88.3 Å².